The van der Waals surface area contributed by atoms with Crippen LogP contribution in [0.4, 0.5) is 21.0 Å². The molecule has 0 bridgehead atoms. The Hall–Kier alpha value is -4.73. The number of carbonyl (C=O) groups is 3. The van der Waals surface area contributed by atoms with Crippen molar-refractivity contribution in [3.63, 3.8) is 0 Å². The standard InChI is InChI=1S/C63H101N3O7/c1-46(2)17-11-19-48(5)21-13-23-50(7)25-15-27-52(9)37-39-70-59-41-58(42-60(43-59)71-40-38-53(10)28-16-26-51(8)24-14-22-49(6)20-12-18-47(3)4)66-63(69)73-45-55-31-35-57(36-32-55)65-62(68)72-44-54-29-33-56(34-30-54)61(64)67/h29-36,41-43,46-53H,11-28,37-40,44-45H2,1-10H3,(H2,64,67)(H,65,68)(H,66,69)/t48-,49-,50-,51-,52?,53?/m1/s1. The molecule has 73 heavy (non-hydrogen) atoms. The first kappa shape index (κ1) is 62.6. The highest BCUT2D eigenvalue weighted by Gasteiger charge is 2.14. The maximum atomic E-state index is 13.1. The minimum Gasteiger partial charge on any atom is -0.493 e. The third-order valence-corrected chi connectivity index (χ3v) is 14.6. The molecule has 0 aliphatic carbocycles. The van der Waals surface area contributed by atoms with E-state index in [0.29, 0.717) is 53.5 Å². The second kappa shape index (κ2) is 36.3. The molecule has 0 saturated heterocycles. The fourth-order valence-electron chi connectivity index (χ4n) is 9.50. The molecule has 0 heterocycles. The van der Waals surface area contributed by atoms with Crippen LogP contribution in [0.5, 0.6) is 11.5 Å². The summed E-state index contributed by atoms with van der Waals surface area (Å²) in [5.41, 5.74) is 8.21. The van der Waals surface area contributed by atoms with Gasteiger partial charge in [-0.05, 0) is 95.6 Å². The van der Waals surface area contributed by atoms with Crippen molar-refractivity contribution < 1.29 is 33.3 Å². The van der Waals surface area contributed by atoms with Crippen molar-refractivity contribution in [2.75, 3.05) is 23.8 Å². The normalized spacial score (nSPS) is 14.0. The highest BCUT2D eigenvalue weighted by molar-refractivity contribution is 5.92. The lowest BCUT2D eigenvalue weighted by Crippen LogP contribution is -2.15. The zero-order valence-electron chi connectivity index (χ0n) is 47.4. The number of amides is 3. The summed E-state index contributed by atoms with van der Waals surface area (Å²) < 4.78 is 23.6. The highest BCUT2D eigenvalue weighted by Crippen LogP contribution is 2.29. The molecular formula is C63H101N3O7. The molecule has 0 spiro atoms. The van der Waals surface area contributed by atoms with Gasteiger partial charge in [-0.2, -0.15) is 0 Å². The first-order valence-electron chi connectivity index (χ1n) is 28.7. The van der Waals surface area contributed by atoms with Gasteiger partial charge in [0.05, 0.1) is 18.9 Å². The molecule has 2 unspecified atom stereocenters. The molecule has 0 aliphatic rings. The van der Waals surface area contributed by atoms with Crippen molar-refractivity contribution >= 4 is 29.5 Å². The predicted molar refractivity (Wildman–Crippen MR) is 303 cm³/mol. The van der Waals surface area contributed by atoms with Gasteiger partial charge >= 0.3 is 12.2 Å². The third-order valence-electron chi connectivity index (χ3n) is 14.6. The Morgan fingerprint density at radius 2 is 0.726 bits per heavy atom. The number of benzene rings is 3. The van der Waals surface area contributed by atoms with Gasteiger partial charge in [-0.3, -0.25) is 15.4 Å². The predicted octanol–water partition coefficient (Wildman–Crippen LogP) is 18.0. The summed E-state index contributed by atoms with van der Waals surface area (Å²) in [6.07, 6.45) is 24.3. The largest absolute Gasteiger partial charge is 0.493 e. The number of carbonyl (C=O) groups excluding carboxylic acids is 3. The SMILES string of the molecule is CC(C)CCC[C@@H](C)CCC[C@@H](C)CCCC(C)CCOc1cc(NC(=O)OCc2ccc(NC(=O)OCc3ccc(C(N)=O)cc3)cc2)cc(OCCC(C)CCC[C@H](C)CCC[C@H](C)CCCC(C)C)c1. The van der Waals surface area contributed by atoms with Crippen LogP contribution in [0.2, 0.25) is 0 Å². The summed E-state index contributed by atoms with van der Waals surface area (Å²) >= 11 is 0. The average molecular weight is 1010 g/mol. The molecule has 3 aromatic carbocycles. The lowest BCUT2D eigenvalue weighted by atomic mass is 9.91. The molecule has 0 aromatic heterocycles. The summed E-state index contributed by atoms with van der Waals surface area (Å²) in [7, 11) is 0. The molecule has 0 radical (unpaired) electrons. The molecule has 0 fully saturated rings. The number of nitrogens with one attached hydrogen (secondary N) is 2. The van der Waals surface area contributed by atoms with Crippen molar-refractivity contribution in [3.8, 4) is 11.5 Å². The van der Waals surface area contributed by atoms with Gasteiger partial charge in [-0.15, -0.1) is 0 Å². The van der Waals surface area contributed by atoms with Gasteiger partial charge in [0.2, 0.25) is 5.91 Å². The molecule has 3 amide bonds. The van der Waals surface area contributed by atoms with E-state index in [1.54, 1.807) is 48.5 Å². The van der Waals surface area contributed by atoms with Gasteiger partial charge in [-0.25, -0.2) is 9.59 Å². The van der Waals surface area contributed by atoms with E-state index in [1.165, 1.54) is 116 Å². The zero-order valence-corrected chi connectivity index (χ0v) is 47.4. The maximum absolute atomic E-state index is 13.1. The fraction of sp³-hybridized carbons (Fsp3) is 0.667. The third kappa shape index (κ3) is 30.3. The Morgan fingerprint density at radius 3 is 1.07 bits per heavy atom. The molecule has 4 N–H and O–H groups in total. The van der Waals surface area contributed by atoms with Crippen molar-refractivity contribution in [2.45, 2.75) is 211 Å². The first-order valence-corrected chi connectivity index (χ1v) is 28.7. The van der Waals surface area contributed by atoms with Crippen molar-refractivity contribution in [2.24, 2.45) is 53.1 Å². The molecule has 0 saturated carbocycles. The van der Waals surface area contributed by atoms with E-state index in [1.807, 2.05) is 18.2 Å². The number of ether oxygens (including phenoxy) is 4. The molecular weight excluding hydrogens is 911 g/mol. The Labute approximate surface area is 443 Å². The molecule has 0 aliphatic heterocycles. The summed E-state index contributed by atoms with van der Waals surface area (Å²) in [6.45, 7) is 24.9. The van der Waals surface area contributed by atoms with Crippen LogP contribution >= 0.6 is 0 Å². The summed E-state index contributed by atoms with van der Waals surface area (Å²) in [4.78, 5) is 36.9. The van der Waals surface area contributed by atoms with Gasteiger partial charge < -0.3 is 24.7 Å². The average Bonchev–Trinajstić information content (AvgIpc) is 3.33. The van der Waals surface area contributed by atoms with Crippen molar-refractivity contribution in [1.29, 1.82) is 0 Å². The molecule has 10 heteroatoms. The number of hydrogen-bond acceptors (Lipinski definition) is 7. The zero-order chi connectivity index (χ0) is 53.4. The van der Waals surface area contributed by atoms with E-state index < -0.39 is 18.1 Å². The molecule has 3 aromatic rings. The van der Waals surface area contributed by atoms with Gasteiger partial charge in [-0.1, -0.05) is 209 Å². The van der Waals surface area contributed by atoms with E-state index in [4.69, 9.17) is 24.7 Å². The van der Waals surface area contributed by atoms with Gasteiger partial charge in [0.15, 0.2) is 0 Å². The van der Waals surface area contributed by atoms with E-state index >= 15 is 0 Å². The number of anilines is 2. The monoisotopic (exact) mass is 1010 g/mol. The van der Waals surface area contributed by atoms with Crippen LogP contribution in [0.15, 0.2) is 66.7 Å². The topological polar surface area (TPSA) is 138 Å². The van der Waals surface area contributed by atoms with Crippen LogP contribution in [0.1, 0.15) is 219 Å². The van der Waals surface area contributed by atoms with E-state index in [-0.39, 0.29) is 13.2 Å². The molecule has 410 valence electrons. The number of hydrogen-bond donors (Lipinski definition) is 3. The van der Waals surface area contributed by atoms with Crippen LogP contribution in [-0.4, -0.2) is 31.3 Å². The number of rotatable bonds is 39. The van der Waals surface area contributed by atoms with Crippen molar-refractivity contribution in [3.05, 3.63) is 83.4 Å². The molecule has 6 atom stereocenters. The van der Waals surface area contributed by atoms with E-state index in [2.05, 4.69) is 79.9 Å². The van der Waals surface area contributed by atoms with Crippen LogP contribution in [0.25, 0.3) is 0 Å². The minimum atomic E-state index is -0.626. The minimum absolute atomic E-state index is 0.0281. The smallest absolute Gasteiger partial charge is 0.411 e. The summed E-state index contributed by atoms with van der Waals surface area (Å²) in [5, 5.41) is 5.59. The summed E-state index contributed by atoms with van der Waals surface area (Å²) in [5.74, 6) is 6.73. The molecule has 10 nitrogen and oxygen atoms in total. The Kier molecular flexibility index (Phi) is 31.1. The number of nitrogens with two attached hydrogens (primary N) is 1. The Bertz CT molecular complexity index is 1880. The Balaban J connectivity index is 1.47. The van der Waals surface area contributed by atoms with Gasteiger partial charge in [0.25, 0.3) is 0 Å². The maximum Gasteiger partial charge on any atom is 0.411 e. The van der Waals surface area contributed by atoms with E-state index in [0.717, 1.165) is 59.5 Å². The van der Waals surface area contributed by atoms with Crippen LogP contribution in [0.3, 0.4) is 0 Å². The van der Waals surface area contributed by atoms with Gasteiger partial charge in [0.1, 0.15) is 24.7 Å². The van der Waals surface area contributed by atoms with Crippen LogP contribution in [0, 0.1) is 47.3 Å². The fourth-order valence-corrected chi connectivity index (χ4v) is 9.50. The van der Waals surface area contributed by atoms with Gasteiger partial charge in [0, 0.05) is 29.4 Å². The quantitative estimate of drug-likeness (QED) is 0.0517. The highest BCUT2D eigenvalue weighted by atomic mass is 16.6. The van der Waals surface area contributed by atoms with Crippen LogP contribution in [-0.2, 0) is 22.7 Å². The lowest BCUT2D eigenvalue weighted by Gasteiger charge is -2.17. The first-order chi connectivity index (χ1) is 34.9. The Morgan fingerprint density at radius 1 is 0.411 bits per heavy atom. The molecule has 3 rings (SSSR count). The second-order valence-electron chi connectivity index (χ2n) is 23.1. The number of primary amides is 1. The lowest BCUT2D eigenvalue weighted by molar-refractivity contribution is 0.0999. The summed E-state index contributed by atoms with van der Waals surface area (Å²) in [6, 6.07) is 19.1. The van der Waals surface area contributed by atoms with Crippen LogP contribution < -0.4 is 25.8 Å². The van der Waals surface area contributed by atoms with Crippen molar-refractivity contribution in [1.82, 2.24) is 0 Å². The van der Waals surface area contributed by atoms with E-state index in [9.17, 15) is 14.4 Å². The second-order valence-corrected chi connectivity index (χ2v) is 23.1.